The van der Waals surface area contributed by atoms with E-state index in [1.54, 1.807) is 11.8 Å². The van der Waals surface area contributed by atoms with E-state index in [0.29, 0.717) is 13.0 Å². The van der Waals surface area contributed by atoms with Gasteiger partial charge in [0.25, 0.3) is 0 Å². The van der Waals surface area contributed by atoms with Gasteiger partial charge in [-0.2, -0.15) is 0 Å². The summed E-state index contributed by atoms with van der Waals surface area (Å²) in [6, 6.07) is 5.79. The van der Waals surface area contributed by atoms with Crippen LogP contribution in [0.2, 0.25) is 0 Å². The van der Waals surface area contributed by atoms with Crippen molar-refractivity contribution in [2.75, 3.05) is 37.0 Å². The number of nitrogens with two attached hydrogens (primary N) is 1. The van der Waals surface area contributed by atoms with Crippen molar-refractivity contribution in [2.24, 2.45) is 5.73 Å². The topological polar surface area (TPSA) is 69.8 Å². The Hall–Kier alpha value is -1.59. The third-order valence-corrected chi connectivity index (χ3v) is 3.98. The predicted octanol–water partition coefficient (Wildman–Crippen LogP) is 1.05. The van der Waals surface area contributed by atoms with E-state index in [-0.39, 0.29) is 12.5 Å². The quantitative estimate of drug-likeness (QED) is 0.847. The Morgan fingerprint density at radius 2 is 2.20 bits per heavy atom. The van der Waals surface area contributed by atoms with Crippen LogP contribution in [0, 0.1) is 0 Å². The Bertz CT molecular complexity index is 516. The van der Waals surface area contributed by atoms with Crippen LogP contribution >= 0.6 is 0 Å². The van der Waals surface area contributed by atoms with Crippen LogP contribution in [0.4, 0.5) is 11.4 Å². The maximum Gasteiger partial charge on any atom is 0.223 e. The lowest BCUT2D eigenvalue weighted by atomic mass is 9.88. The van der Waals surface area contributed by atoms with E-state index < -0.39 is 5.60 Å². The lowest BCUT2D eigenvalue weighted by molar-refractivity contribution is -0.116. The number of hydrogen-bond donors (Lipinski definition) is 2. The van der Waals surface area contributed by atoms with Crippen LogP contribution in [0.1, 0.15) is 25.3 Å². The summed E-state index contributed by atoms with van der Waals surface area (Å²) in [4.78, 5) is 15.5. The van der Waals surface area contributed by atoms with Crippen molar-refractivity contribution < 1.29 is 9.90 Å². The smallest absolute Gasteiger partial charge is 0.223 e. The van der Waals surface area contributed by atoms with Crippen molar-refractivity contribution in [3.05, 3.63) is 23.8 Å². The molecule has 0 bridgehead atoms. The third-order valence-electron chi connectivity index (χ3n) is 3.98. The van der Waals surface area contributed by atoms with Gasteiger partial charge in [0.2, 0.25) is 5.91 Å². The highest BCUT2D eigenvalue weighted by atomic mass is 16.3. The summed E-state index contributed by atoms with van der Waals surface area (Å²) in [5.41, 5.74) is 7.25. The summed E-state index contributed by atoms with van der Waals surface area (Å²) < 4.78 is 0. The van der Waals surface area contributed by atoms with Gasteiger partial charge in [0, 0.05) is 51.0 Å². The summed E-state index contributed by atoms with van der Waals surface area (Å²) in [5.74, 6) is -0.00914. The minimum Gasteiger partial charge on any atom is -0.384 e. The van der Waals surface area contributed by atoms with E-state index >= 15 is 0 Å². The van der Waals surface area contributed by atoms with Gasteiger partial charge in [0.1, 0.15) is 5.60 Å². The maximum absolute atomic E-state index is 11.8. The summed E-state index contributed by atoms with van der Waals surface area (Å²) in [6.07, 6.45) is 1.30. The lowest BCUT2D eigenvalue weighted by Gasteiger charge is -2.29. The molecule has 3 N–H and O–H groups in total. The Morgan fingerprint density at radius 3 is 2.75 bits per heavy atom. The fourth-order valence-electron chi connectivity index (χ4n) is 2.73. The van der Waals surface area contributed by atoms with Crippen molar-refractivity contribution >= 4 is 17.3 Å². The number of rotatable bonds is 2. The van der Waals surface area contributed by atoms with Crippen molar-refractivity contribution in [1.29, 1.82) is 0 Å². The van der Waals surface area contributed by atoms with Gasteiger partial charge in [-0.3, -0.25) is 4.79 Å². The van der Waals surface area contributed by atoms with Gasteiger partial charge >= 0.3 is 0 Å². The van der Waals surface area contributed by atoms with Gasteiger partial charge in [-0.1, -0.05) is 0 Å². The molecule has 0 aromatic heterocycles. The van der Waals surface area contributed by atoms with Crippen molar-refractivity contribution in [3.8, 4) is 0 Å². The lowest BCUT2D eigenvalue weighted by Crippen LogP contribution is -2.35. The molecule has 2 rings (SSSR count). The number of benzene rings is 1. The molecule has 5 nitrogen and oxygen atoms in total. The van der Waals surface area contributed by atoms with E-state index in [1.165, 1.54) is 0 Å². The zero-order valence-corrected chi connectivity index (χ0v) is 12.4. The molecule has 1 atom stereocenters. The van der Waals surface area contributed by atoms with E-state index in [2.05, 4.69) is 0 Å². The molecular formula is C15H23N3O2. The SMILES string of the molecule is CC(=O)N1CCCC(O)(CN)c2cc(N(C)C)ccc21. The minimum absolute atomic E-state index is 0.00914. The van der Waals surface area contributed by atoms with Crippen LogP contribution in [0.3, 0.4) is 0 Å². The van der Waals surface area contributed by atoms with Gasteiger partial charge in [-0.15, -0.1) is 0 Å². The first-order chi connectivity index (χ1) is 9.39. The number of fused-ring (bicyclic) bond motifs is 1. The van der Waals surface area contributed by atoms with E-state index in [4.69, 9.17) is 5.73 Å². The predicted molar refractivity (Wildman–Crippen MR) is 81.0 cm³/mol. The first-order valence-electron chi connectivity index (χ1n) is 6.91. The van der Waals surface area contributed by atoms with Crippen LogP contribution in [-0.2, 0) is 10.4 Å². The molecule has 0 radical (unpaired) electrons. The number of aliphatic hydroxyl groups is 1. The summed E-state index contributed by atoms with van der Waals surface area (Å²) >= 11 is 0. The molecule has 0 saturated heterocycles. The summed E-state index contributed by atoms with van der Waals surface area (Å²) in [7, 11) is 3.89. The molecule has 1 aliphatic rings. The second kappa shape index (κ2) is 5.42. The molecule has 5 heteroatoms. The van der Waals surface area contributed by atoms with E-state index in [1.807, 2.05) is 37.2 Å². The van der Waals surface area contributed by atoms with Gasteiger partial charge in [-0.25, -0.2) is 0 Å². The molecule has 1 aromatic rings. The number of nitrogens with zero attached hydrogens (tertiary/aromatic N) is 2. The number of anilines is 2. The molecule has 1 aromatic carbocycles. The zero-order valence-electron chi connectivity index (χ0n) is 12.4. The van der Waals surface area contributed by atoms with E-state index in [9.17, 15) is 9.90 Å². The van der Waals surface area contributed by atoms with Crippen molar-refractivity contribution in [2.45, 2.75) is 25.4 Å². The molecule has 110 valence electrons. The van der Waals surface area contributed by atoms with Crippen LogP contribution < -0.4 is 15.5 Å². The second-order valence-corrected chi connectivity index (χ2v) is 5.61. The first-order valence-corrected chi connectivity index (χ1v) is 6.91. The second-order valence-electron chi connectivity index (χ2n) is 5.61. The molecule has 1 aliphatic heterocycles. The van der Waals surface area contributed by atoms with E-state index in [0.717, 1.165) is 23.4 Å². The number of carbonyl (C=O) groups excluding carboxylic acids is 1. The fourth-order valence-corrected chi connectivity index (χ4v) is 2.73. The molecule has 20 heavy (non-hydrogen) atoms. The molecule has 0 aliphatic carbocycles. The standard InChI is InChI=1S/C15H23N3O2/c1-11(19)18-8-4-7-15(20,10-16)13-9-12(17(2)3)5-6-14(13)18/h5-6,9,20H,4,7-8,10,16H2,1-3H3. The molecule has 0 fully saturated rings. The highest BCUT2D eigenvalue weighted by Gasteiger charge is 2.35. The van der Waals surface area contributed by atoms with Crippen LogP contribution in [0.25, 0.3) is 0 Å². The molecule has 1 amide bonds. The molecule has 0 spiro atoms. The highest BCUT2D eigenvalue weighted by molar-refractivity contribution is 5.93. The van der Waals surface area contributed by atoms with Gasteiger partial charge in [-0.05, 0) is 31.0 Å². The molecule has 1 heterocycles. The number of amides is 1. The molecule has 1 unspecified atom stereocenters. The Morgan fingerprint density at radius 1 is 1.50 bits per heavy atom. The van der Waals surface area contributed by atoms with Crippen molar-refractivity contribution in [3.63, 3.8) is 0 Å². The first kappa shape index (κ1) is 14.8. The highest BCUT2D eigenvalue weighted by Crippen LogP contribution is 2.39. The van der Waals surface area contributed by atoms with Crippen LogP contribution in [-0.4, -0.2) is 38.2 Å². The zero-order chi connectivity index (χ0) is 14.9. The Labute approximate surface area is 120 Å². The summed E-state index contributed by atoms with van der Waals surface area (Å²) in [6.45, 7) is 2.32. The monoisotopic (exact) mass is 277 g/mol. The van der Waals surface area contributed by atoms with Gasteiger partial charge in [0.15, 0.2) is 0 Å². The molecular weight excluding hydrogens is 254 g/mol. The van der Waals surface area contributed by atoms with Gasteiger partial charge < -0.3 is 20.6 Å². The maximum atomic E-state index is 11.8. The normalized spacial score (nSPS) is 22.1. The fraction of sp³-hybridized carbons (Fsp3) is 0.533. The minimum atomic E-state index is -1.06. The number of hydrogen-bond acceptors (Lipinski definition) is 4. The average Bonchev–Trinajstić information content (AvgIpc) is 2.56. The third kappa shape index (κ3) is 2.51. The van der Waals surface area contributed by atoms with Crippen LogP contribution in [0.15, 0.2) is 18.2 Å². The van der Waals surface area contributed by atoms with Gasteiger partial charge in [0.05, 0.1) is 0 Å². The Kier molecular flexibility index (Phi) is 4.01. The van der Waals surface area contributed by atoms with Crippen molar-refractivity contribution in [1.82, 2.24) is 0 Å². The number of carbonyl (C=O) groups is 1. The summed E-state index contributed by atoms with van der Waals surface area (Å²) in [5, 5.41) is 10.8. The van der Waals surface area contributed by atoms with Crippen LogP contribution in [0.5, 0.6) is 0 Å². The average molecular weight is 277 g/mol. The molecule has 0 saturated carbocycles. The largest absolute Gasteiger partial charge is 0.384 e. The Balaban J connectivity index is 2.61.